The van der Waals surface area contributed by atoms with Crippen molar-refractivity contribution in [3.8, 4) is 11.1 Å². The van der Waals surface area contributed by atoms with Gasteiger partial charge in [0.1, 0.15) is 0 Å². The van der Waals surface area contributed by atoms with Crippen LogP contribution >= 0.6 is 0 Å². The summed E-state index contributed by atoms with van der Waals surface area (Å²) in [5.74, 6) is 0.560. The second kappa shape index (κ2) is 13.2. The number of hydrogen-bond donors (Lipinski definition) is 0. The summed E-state index contributed by atoms with van der Waals surface area (Å²) in [5.41, 5.74) is 11.1. The van der Waals surface area contributed by atoms with Crippen LogP contribution < -0.4 is 0 Å². The molecule has 2 heteroatoms. The second-order valence-electron chi connectivity index (χ2n) is 7.83. The first-order valence-corrected chi connectivity index (χ1v) is 14.2. The standard InChI is InChI=1S/C18H17.C9H13.2CH3.Si.Zr/c1-12-8-9-13(2)18(14(12)3)17-11-10-15-6-4-5-7-16(15)17;1-6-5-7(2)9(4)8(6)3;;;;/h4-11H,1-3H3;6H,1-4H3;2*1H3;;/q4*-1;;. The van der Waals surface area contributed by atoms with E-state index >= 15 is 0 Å². The number of benzene rings is 2. The Labute approximate surface area is 208 Å². The summed E-state index contributed by atoms with van der Waals surface area (Å²) < 4.78 is 0. The fraction of sp³-hybridized carbons (Fsp3) is 0.276. The molecule has 1 unspecified atom stereocenters. The van der Waals surface area contributed by atoms with Crippen molar-refractivity contribution in [1.82, 2.24) is 0 Å². The Hall–Kier alpha value is -1.37. The number of hydrogen-bond acceptors (Lipinski definition) is 0. The maximum absolute atomic E-state index is 3.36. The minimum atomic E-state index is 0. The van der Waals surface area contributed by atoms with E-state index in [0.29, 0.717) is 5.92 Å². The van der Waals surface area contributed by atoms with Crippen molar-refractivity contribution < 1.29 is 23.3 Å². The van der Waals surface area contributed by atoms with E-state index in [1.807, 2.05) is 0 Å². The molecule has 3 aromatic rings. The molecule has 0 bridgehead atoms. The molecule has 1 aliphatic rings. The van der Waals surface area contributed by atoms with E-state index in [9.17, 15) is 0 Å². The van der Waals surface area contributed by atoms with Gasteiger partial charge in [-0.1, -0.05) is 61.6 Å². The van der Waals surface area contributed by atoms with Crippen molar-refractivity contribution >= 4 is 17.7 Å². The van der Waals surface area contributed by atoms with Crippen LogP contribution in [0, 0.1) is 47.6 Å². The van der Waals surface area contributed by atoms with Crippen molar-refractivity contribution in [2.45, 2.75) is 48.5 Å². The molecule has 2 radical (unpaired) electrons. The Balaban J connectivity index is 0.000000595. The molecular weight excluding hydrogens is 468 g/mol. The zero-order chi connectivity index (χ0) is 21.7. The summed E-state index contributed by atoms with van der Waals surface area (Å²) >= 11 is 1.36. The van der Waals surface area contributed by atoms with Gasteiger partial charge in [0.25, 0.3) is 0 Å². The van der Waals surface area contributed by atoms with E-state index < -0.39 is 0 Å². The number of fused-ring (bicyclic) bond motifs is 1. The Morgan fingerprint density at radius 1 is 0.871 bits per heavy atom. The summed E-state index contributed by atoms with van der Waals surface area (Å²) in [4.78, 5) is 0. The van der Waals surface area contributed by atoms with Gasteiger partial charge in [-0.2, -0.15) is 11.1 Å². The van der Waals surface area contributed by atoms with E-state index in [4.69, 9.17) is 0 Å². The van der Waals surface area contributed by atoms with Gasteiger partial charge in [0.15, 0.2) is 0 Å². The molecule has 0 amide bonds. The number of aryl methyl sites for hydroxylation is 2. The molecule has 0 fully saturated rings. The summed E-state index contributed by atoms with van der Waals surface area (Å²) in [6.07, 6.45) is 3.36. The molecule has 0 saturated heterocycles. The summed E-state index contributed by atoms with van der Waals surface area (Å²) in [6, 6.07) is 17.5. The van der Waals surface area contributed by atoms with E-state index in [1.54, 1.807) is 0 Å². The van der Waals surface area contributed by atoms with Crippen LogP contribution in [-0.4, -0.2) is 6.88 Å². The van der Waals surface area contributed by atoms with E-state index in [2.05, 4.69) is 110 Å². The molecule has 4 rings (SSSR count). The van der Waals surface area contributed by atoms with Crippen molar-refractivity contribution in [3.63, 3.8) is 0 Å². The third kappa shape index (κ3) is 6.56. The van der Waals surface area contributed by atoms with Gasteiger partial charge in [0.2, 0.25) is 0 Å². The van der Waals surface area contributed by atoms with Crippen molar-refractivity contribution in [1.29, 1.82) is 0 Å². The predicted molar refractivity (Wildman–Crippen MR) is 138 cm³/mol. The van der Waals surface area contributed by atoms with Gasteiger partial charge in [0.05, 0.1) is 0 Å². The van der Waals surface area contributed by atoms with Crippen LogP contribution in [0.1, 0.15) is 44.4 Å². The molecule has 0 heterocycles. The number of allylic oxidation sites excluding steroid dienone is 4. The topological polar surface area (TPSA) is 0 Å². The third-order valence-electron chi connectivity index (χ3n) is 6.13. The molecule has 0 saturated carbocycles. The Bertz CT molecular complexity index is 1070. The third-order valence-corrected chi connectivity index (χ3v) is 6.13. The van der Waals surface area contributed by atoms with Crippen LogP contribution in [0.4, 0.5) is 0 Å². The zero-order valence-corrected chi connectivity index (χ0v) is 24.2. The van der Waals surface area contributed by atoms with Gasteiger partial charge in [-0.25, -0.2) is 5.57 Å². The fourth-order valence-electron chi connectivity index (χ4n) is 3.90. The molecule has 1 aliphatic carbocycles. The second-order valence-corrected chi connectivity index (χ2v) is 7.83. The predicted octanol–water partition coefficient (Wildman–Crippen LogP) is 8.39. The van der Waals surface area contributed by atoms with Gasteiger partial charge in [-0.15, -0.1) is 53.6 Å². The molecule has 0 nitrogen and oxygen atoms in total. The molecule has 0 spiro atoms. The van der Waals surface area contributed by atoms with Crippen molar-refractivity contribution in [2.24, 2.45) is 5.92 Å². The SMILES string of the molecule is CC1=[C-]C(C)C(C)=C1C.Cc1ccc(C)c(-c2c[cH-]c3ccccc23)c1C.[CH3-].[CH3-].[Si]=[Zr]. The quantitative estimate of drug-likeness (QED) is 0.231. The number of rotatable bonds is 1. The maximum atomic E-state index is 3.36. The molecule has 0 aliphatic heterocycles. The normalized spacial score (nSPS) is 14.4. The van der Waals surface area contributed by atoms with Crippen LogP contribution in [0.5, 0.6) is 0 Å². The van der Waals surface area contributed by atoms with E-state index in [1.165, 1.54) is 78.6 Å². The molecule has 31 heavy (non-hydrogen) atoms. The van der Waals surface area contributed by atoms with Gasteiger partial charge in [-0.05, 0) is 26.3 Å². The van der Waals surface area contributed by atoms with Gasteiger partial charge in [-0.3, -0.25) is 6.08 Å². The molecule has 0 aromatic heterocycles. The molecule has 0 N–H and O–H groups in total. The minimum absolute atomic E-state index is 0. The van der Waals surface area contributed by atoms with Crippen molar-refractivity contribution in [2.75, 3.05) is 0 Å². The summed E-state index contributed by atoms with van der Waals surface area (Å²) in [5, 5.41) is 2.68. The van der Waals surface area contributed by atoms with Gasteiger partial charge in [0, 0.05) is 0 Å². The van der Waals surface area contributed by atoms with Crippen molar-refractivity contribution in [3.05, 3.63) is 103 Å². The van der Waals surface area contributed by atoms with Crippen LogP contribution in [0.15, 0.2) is 65.3 Å². The van der Waals surface area contributed by atoms with Crippen LogP contribution in [0.3, 0.4) is 0 Å². The molecular formula is C29H36SiZr-4. The average molecular weight is 504 g/mol. The Morgan fingerprint density at radius 3 is 1.97 bits per heavy atom. The van der Waals surface area contributed by atoms with E-state index in [-0.39, 0.29) is 14.9 Å². The zero-order valence-electron chi connectivity index (χ0n) is 20.7. The first-order chi connectivity index (χ1) is 13.8. The Morgan fingerprint density at radius 2 is 1.45 bits per heavy atom. The summed E-state index contributed by atoms with van der Waals surface area (Å²) in [6.45, 7) is 18.3. The van der Waals surface area contributed by atoms with Gasteiger partial charge < -0.3 is 14.9 Å². The van der Waals surface area contributed by atoms with Gasteiger partial charge >= 0.3 is 30.2 Å². The van der Waals surface area contributed by atoms with Crippen LogP contribution in [-0.2, 0) is 23.3 Å². The Kier molecular flexibility index (Phi) is 12.7. The van der Waals surface area contributed by atoms with Crippen LogP contribution in [0.25, 0.3) is 21.9 Å². The average Bonchev–Trinajstić information content (AvgIpc) is 3.24. The molecule has 164 valence electrons. The molecule has 1 atom stereocenters. The monoisotopic (exact) mass is 502 g/mol. The summed E-state index contributed by atoms with van der Waals surface area (Å²) in [7, 11) is 0. The van der Waals surface area contributed by atoms with E-state index in [0.717, 1.165) is 0 Å². The molecule has 3 aromatic carbocycles. The first-order valence-electron chi connectivity index (χ1n) is 10.1. The van der Waals surface area contributed by atoms with Crippen LogP contribution in [0.2, 0.25) is 0 Å². The first kappa shape index (κ1) is 29.6. The fourth-order valence-corrected chi connectivity index (χ4v) is 3.90.